The Bertz CT molecular complexity index is 371. The zero-order valence-electron chi connectivity index (χ0n) is 8.36. The molecule has 0 aromatic heterocycles. The van der Waals surface area contributed by atoms with Crippen molar-refractivity contribution in [2.45, 2.75) is 25.6 Å². The van der Waals surface area contributed by atoms with Gasteiger partial charge in [-0.25, -0.2) is 0 Å². The lowest BCUT2D eigenvalue weighted by Gasteiger charge is -2.24. The number of nitrogens with one attached hydrogen (secondary N) is 1. The zero-order chi connectivity index (χ0) is 11.1. The Labute approximate surface area is 86.3 Å². The predicted molar refractivity (Wildman–Crippen MR) is 51.6 cm³/mol. The second kappa shape index (κ2) is 3.52. The molecule has 1 atom stereocenters. The average Bonchev–Trinajstić information content (AvgIpc) is 2.16. The summed E-state index contributed by atoms with van der Waals surface area (Å²) in [6.07, 6.45) is -3.44. The van der Waals surface area contributed by atoms with Crippen molar-refractivity contribution in [3.05, 3.63) is 34.9 Å². The van der Waals surface area contributed by atoms with Crippen LogP contribution in [0, 0.1) is 0 Å². The molecule has 1 heterocycles. The third kappa shape index (κ3) is 2.00. The monoisotopic (exact) mass is 215 g/mol. The van der Waals surface area contributed by atoms with Gasteiger partial charge >= 0.3 is 6.18 Å². The number of rotatable bonds is 0. The summed E-state index contributed by atoms with van der Waals surface area (Å²) in [5.41, 5.74) is 1.24. The van der Waals surface area contributed by atoms with Gasteiger partial charge in [0.1, 0.15) is 0 Å². The quantitative estimate of drug-likeness (QED) is 0.701. The fourth-order valence-corrected chi connectivity index (χ4v) is 1.94. The summed E-state index contributed by atoms with van der Waals surface area (Å²) in [6.45, 7) is 2.72. The lowest BCUT2D eigenvalue weighted by molar-refractivity contribution is -0.137. The van der Waals surface area contributed by atoms with Gasteiger partial charge in [-0.2, -0.15) is 13.2 Å². The summed E-state index contributed by atoms with van der Waals surface area (Å²) < 4.78 is 37.4. The summed E-state index contributed by atoms with van der Waals surface area (Å²) in [5.74, 6) is 0. The fraction of sp³-hybridized carbons (Fsp3) is 0.455. The number of halogens is 3. The normalized spacial score (nSPS) is 21.2. The first-order valence-electron chi connectivity index (χ1n) is 4.92. The Hall–Kier alpha value is -1.03. The van der Waals surface area contributed by atoms with Crippen molar-refractivity contribution in [2.75, 3.05) is 6.54 Å². The van der Waals surface area contributed by atoms with Crippen molar-refractivity contribution in [3.63, 3.8) is 0 Å². The maximum atomic E-state index is 12.5. The highest BCUT2D eigenvalue weighted by Gasteiger charge is 2.31. The Morgan fingerprint density at radius 3 is 2.73 bits per heavy atom. The second-order valence-corrected chi connectivity index (χ2v) is 3.84. The molecule has 1 N–H and O–H groups in total. The first-order valence-corrected chi connectivity index (χ1v) is 4.92. The Kier molecular flexibility index (Phi) is 2.46. The van der Waals surface area contributed by atoms with Crippen LogP contribution in [0.5, 0.6) is 0 Å². The van der Waals surface area contributed by atoms with E-state index in [1.54, 1.807) is 6.07 Å². The molecule has 2 rings (SSSR count). The first kappa shape index (κ1) is 10.5. The topological polar surface area (TPSA) is 12.0 Å². The van der Waals surface area contributed by atoms with E-state index in [4.69, 9.17) is 0 Å². The number of benzene rings is 1. The third-order valence-corrected chi connectivity index (χ3v) is 2.78. The molecule has 15 heavy (non-hydrogen) atoms. The Balaban J connectivity index is 2.44. The van der Waals surface area contributed by atoms with E-state index in [-0.39, 0.29) is 6.04 Å². The molecule has 1 unspecified atom stereocenters. The molecule has 0 spiro atoms. The summed E-state index contributed by atoms with van der Waals surface area (Å²) >= 11 is 0. The number of hydrogen-bond donors (Lipinski definition) is 1. The van der Waals surface area contributed by atoms with Gasteiger partial charge in [0, 0.05) is 6.04 Å². The molecular weight excluding hydrogens is 203 g/mol. The van der Waals surface area contributed by atoms with Crippen LogP contribution >= 0.6 is 0 Å². The first-order chi connectivity index (χ1) is 6.98. The van der Waals surface area contributed by atoms with E-state index in [0.29, 0.717) is 0 Å². The third-order valence-electron chi connectivity index (χ3n) is 2.78. The predicted octanol–water partition coefficient (Wildman–Crippen LogP) is 2.91. The Morgan fingerprint density at radius 2 is 2.07 bits per heavy atom. The van der Waals surface area contributed by atoms with Gasteiger partial charge in [-0.3, -0.25) is 0 Å². The Morgan fingerprint density at radius 1 is 1.33 bits per heavy atom. The molecule has 0 saturated carbocycles. The van der Waals surface area contributed by atoms with E-state index in [9.17, 15) is 13.2 Å². The van der Waals surface area contributed by atoms with Gasteiger partial charge in [-0.1, -0.05) is 6.07 Å². The highest BCUT2D eigenvalue weighted by Crippen LogP contribution is 2.33. The average molecular weight is 215 g/mol. The van der Waals surface area contributed by atoms with E-state index < -0.39 is 11.7 Å². The van der Waals surface area contributed by atoms with Crippen LogP contribution in [0.4, 0.5) is 13.2 Å². The van der Waals surface area contributed by atoms with Crippen molar-refractivity contribution in [1.29, 1.82) is 0 Å². The number of hydrogen-bond acceptors (Lipinski definition) is 1. The SMILES string of the molecule is CC1NCCc2ccc(C(F)(F)F)cc21. The van der Waals surface area contributed by atoms with Crippen molar-refractivity contribution in [3.8, 4) is 0 Å². The van der Waals surface area contributed by atoms with Gasteiger partial charge in [0.05, 0.1) is 5.56 Å². The largest absolute Gasteiger partial charge is 0.416 e. The molecule has 1 aromatic carbocycles. The van der Waals surface area contributed by atoms with E-state index in [1.165, 1.54) is 6.07 Å². The highest BCUT2D eigenvalue weighted by atomic mass is 19.4. The molecule has 82 valence electrons. The summed E-state index contributed by atoms with van der Waals surface area (Å²) in [7, 11) is 0. The van der Waals surface area contributed by atoms with Crippen molar-refractivity contribution < 1.29 is 13.2 Å². The maximum absolute atomic E-state index is 12.5. The minimum atomic E-state index is -4.24. The van der Waals surface area contributed by atoms with Crippen LogP contribution < -0.4 is 5.32 Å². The van der Waals surface area contributed by atoms with Crippen LogP contribution in [-0.4, -0.2) is 6.54 Å². The van der Waals surface area contributed by atoms with Gasteiger partial charge in [-0.15, -0.1) is 0 Å². The van der Waals surface area contributed by atoms with E-state index in [2.05, 4.69) is 5.32 Å². The van der Waals surface area contributed by atoms with Gasteiger partial charge in [0.25, 0.3) is 0 Å². The number of fused-ring (bicyclic) bond motifs is 1. The van der Waals surface area contributed by atoms with Crippen LogP contribution in [0.15, 0.2) is 18.2 Å². The van der Waals surface area contributed by atoms with Crippen molar-refractivity contribution >= 4 is 0 Å². The lowest BCUT2D eigenvalue weighted by Crippen LogP contribution is -2.28. The van der Waals surface area contributed by atoms with Crippen LogP contribution in [0.1, 0.15) is 29.7 Å². The van der Waals surface area contributed by atoms with Crippen LogP contribution in [0.2, 0.25) is 0 Å². The van der Waals surface area contributed by atoms with Gasteiger partial charge in [0.2, 0.25) is 0 Å². The molecule has 0 saturated heterocycles. The molecule has 1 aromatic rings. The molecule has 4 heteroatoms. The fourth-order valence-electron chi connectivity index (χ4n) is 1.94. The molecule has 1 nitrogen and oxygen atoms in total. The smallest absolute Gasteiger partial charge is 0.310 e. The van der Waals surface area contributed by atoms with Crippen molar-refractivity contribution in [2.24, 2.45) is 0 Å². The molecule has 0 bridgehead atoms. The van der Waals surface area contributed by atoms with Crippen molar-refractivity contribution in [1.82, 2.24) is 5.32 Å². The molecule has 0 fully saturated rings. The van der Waals surface area contributed by atoms with Gasteiger partial charge < -0.3 is 5.32 Å². The lowest BCUT2D eigenvalue weighted by atomic mass is 9.93. The highest BCUT2D eigenvalue weighted by molar-refractivity contribution is 5.37. The molecule has 1 aliphatic rings. The van der Waals surface area contributed by atoms with Crippen LogP contribution in [0.3, 0.4) is 0 Å². The number of alkyl halides is 3. The molecule has 1 aliphatic heterocycles. The molecule has 0 radical (unpaired) electrons. The second-order valence-electron chi connectivity index (χ2n) is 3.84. The molecule has 0 amide bonds. The summed E-state index contributed by atoms with van der Waals surface area (Å²) in [4.78, 5) is 0. The van der Waals surface area contributed by atoms with E-state index >= 15 is 0 Å². The minimum absolute atomic E-state index is 0.0102. The maximum Gasteiger partial charge on any atom is 0.416 e. The summed E-state index contributed by atoms with van der Waals surface area (Å²) in [6, 6.07) is 4.02. The van der Waals surface area contributed by atoms with Gasteiger partial charge in [-0.05, 0) is 43.1 Å². The minimum Gasteiger partial charge on any atom is -0.310 e. The molecule has 0 aliphatic carbocycles. The molecular formula is C11H12F3N. The summed E-state index contributed by atoms with van der Waals surface area (Å²) in [5, 5.41) is 3.15. The van der Waals surface area contributed by atoms with Crippen LogP contribution in [-0.2, 0) is 12.6 Å². The van der Waals surface area contributed by atoms with E-state index in [1.807, 2.05) is 6.92 Å². The van der Waals surface area contributed by atoms with E-state index in [0.717, 1.165) is 30.2 Å². The zero-order valence-corrected chi connectivity index (χ0v) is 8.36. The standard InChI is InChI=1S/C11H12F3N/c1-7-10-6-9(11(12,13)14)3-2-8(10)4-5-15-7/h2-3,6-7,15H,4-5H2,1H3. The van der Waals surface area contributed by atoms with Gasteiger partial charge in [0.15, 0.2) is 0 Å². The van der Waals surface area contributed by atoms with Crippen LogP contribution in [0.25, 0.3) is 0 Å².